The van der Waals surface area contributed by atoms with Crippen molar-refractivity contribution in [2.75, 3.05) is 5.75 Å². The molecule has 0 bridgehead atoms. The van der Waals surface area contributed by atoms with Gasteiger partial charge >= 0.3 is 0 Å². The SMILES string of the molecule is CCC(N)CS(=O)(=O)Cc1ccc(Br)s1. The Labute approximate surface area is 103 Å². The highest BCUT2D eigenvalue weighted by Gasteiger charge is 2.16. The maximum Gasteiger partial charge on any atom is 0.156 e. The van der Waals surface area contributed by atoms with Crippen LogP contribution in [0.4, 0.5) is 0 Å². The van der Waals surface area contributed by atoms with Gasteiger partial charge in [0.05, 0.1) is 15.3 Å². The summed E-state index contributed by atoms with van der Waals surface area (Å²) in [5, 5.41) is 0. The van der Waals surface area contributed by atoms with Crippen LogP contribution in [0, 0.1) is 0 Å². The van der Waals surface area contributed by atoms with Crippen molar-refractivity contribution < 1.29 is 8.42 Å². The van der Waals surface area contributed by atoms with E-state index in [0.717, 1.165) is 8.66 Å². The van der Waals surface area contributed by atoms with E-state index < -0.39 is 9.84 Å². The van der Waals surface area contributed by atoms with E-state index >= 15 is 0 Å². The molecule has 0 aromatic carbocycles. The summed E-state index contributed by atoms with van der Waals surface area (Å²) in [6, 6.07) is 3.43. The lowest BCUT2D eigenvalue weighted by Crippen LogP contribution is -2.29. The van der Waals surface area contributed by atoms with Gasteiger partial charge in [-0.3, -0.25) is 0 Å². The van der Waals surface area contributed by atoms with Crippen molar-refractivity contribution in [1.29, 1.82) is 0 Å². The molecule has 0 aliphatic heterocycles. The van der Waals surface area contributed by atoms with Crippen molar-refractivity contribution in [3.63, 3.8) is 0 Å². The lowest BCUT2D eigenvalue weighted by atomic mass is 10.3. The predicted molar refractivity (Wildman–Crippen MR) is 67.8 cm³/mol. The van der Waals surface area contributed by atoms with E-state index in [4.69, 9.17) is 5.73 Å². The van der Waals surface area contributed by atoms with Gasteiger partial charge in [0.2, 0.25) is 0 Å². The summed E-state index contributed by atoms with van der Waals surface area (Å²) in [6.45, 7) is 1.89. The first-order valence-corrected chi connectivity index (χ1v) is 8.06. The smallest absolute Gasteiger partial charge is 0.156 e. The molecule has 86 valence electrons. The van der Waals surface area contributed by atoms with Crippen LogP contribution in [0.1, 0.15) is 18.2 Å². The highest BCUT2D eigenvalue weighted by molar-refractivity contribution is 9.11. The number of sulfone groups is 1. The third-order valence-corrected chi connectivity index (χ3v) is 5.48. The molecular weight excluding hydrogens is 298 g/mol. The molecule has 1 unspecified atom stereocenters. The molecule has 0 saturated carbocycles. The summed E-state index contributed by atoms with van der Waals surface area (Å²) >= 11 is 4.75. The van der Waals surface area contributed by atoms with E-state index in [1.54, 1.807) is 0 Å². The van der Waals surface area contributed by atoms with Gasteiger partial charge in [-0.05, 0) is 34.5 Å². The van der Waals surface area contributed by atoms with Gasteiger partial charge in [0.25, 0.3) is 0 Å². The summed E-state index contributed by atoms with van der Waals surface area (Å²) in [6.07, 6.45) is 0.688. The normalized spacial score (nSPS) is 14.1. The average Bonchev–Trinajstić information content (AvgIpc) is 2.49. The Hall–Kier alpha value is 0.0900. The van der Waals surface area contributed by atoms with Crippen LogP contribution in [0.5, 0.6) is 0 Å². The molecule has 1 atom stereocenters. The van der Waals surface area contributed by atoms with Crippen LogP contribution in [0.15, 0.2) is 15.9 Å². The molecule has 1 aromatic heterocycles. The summed E-state index contributed by atoms with van der Waals surface area (Å²) in [4.78, 5) is 0.852. The number of halogens is 1. The minimum atomic E-state index is -3.07. The molecule has 1 rings (SSSR count). The molecule has 0 aliphatic carbocycles. The lowest BCUT2D eigenvalue weighted by molar-refractivity contribution is 0.583. The third-order valence-electron chi connectivity index (χ3n) is 1.98. The maximum absolute atomic E-state index is 11.7. The van der Waals surface area contributed by atoms with Crippen LogP contribution < -0.4 is 5.73 Å². The van der Waals surface area contributed by atoms with Gasteiger partial charge in [-0.2, -0.15) is 0 Å². The second-order valence-corrected chi connectivity index (χ2v) is 8.09. The Bertz CT molecular complexity index is 414. The molecule has 1 aromatic rings. The molecule has 15 heavy (non-hydrogen) atoms. The third kappa shape index (κ3) is 4.63. The van der Waals surface area contributed by atoms with E-state index in [1.165, 1.54) is 11.3 Å². The Morgan fingerprint density at radius 3 is 2.67 bits per heavy atom. The highest BCUT2D eigenvalue weighted by Crippen LogP contribution is 2.24. The molecule has 1 heterocycles. The van der Waals surface area contributed by atoms with Crippen LogP contribution >= 0.6 is 27.3 Å². The average molecular weight is 312 g/mol. The summed E-state index contributed by atoms with van der Waals surface area (Å²) < 4.78 is 24.3. The van der Waals surface area contributed by atoms with E-state index in [-0.39, 0.29) is 17.5 Å². The number of thiophene rings is 1. The first-order chi connectivity index (χ1) is 6.93. The monoisotopic (exact) mass is 311 g/mol. The van der Waals surface area contributed by atoms with Crippen LogP contribution in [0.25, 0.3) is 0 Å². The van der Waals surface area contributed by atoms with Gasteiger partial charge < -0.3 is 5.73 Å². The van der Waals surface area contributed by atoms with Gasteiger partial charge in [-0.25, -0.2) is 8.42 Å². The number of hydrogen-bond acceptors (Lipinski definition) is 4. The van der Waals surface area contributed by atoms with Crippen LogP contribution in [0.2, 0.25) is 0 Å². The fourth-order valence-electron chi connectivity index (χ4n) is 1.15. The number of nitrogens with two attached hydrogens (primary N) is 1. The Morgan fingerprint density at radius 1 is 1.53 bits per heavy atom. The predicted octanol–water partition coefficient (Wildman–Crippen LogP) is 2.16. The van der Waals surface area contributed by atoms with Crippen molar-refractivity contribution in [2.24, 2.45) is 5.73 Å². The number of hydrogen-bond donors (Lipinski definition) is 1. The van der Waals surface area contributed by atoms with E-state index in [1.807, 2.05) is 19.1 Å². The molecule has 3 nitrogen and oxygen atoms in total. The molecule has 0 fully saturated rings. The molecule has 0 saturated heterocycles. The molecule has 0 aliphatic rings. The van der Waals surface area contributed by atoms with Gasteiger partial charge in [-0.15, -0.1) is 11.3 Å². The summed E-state index contributed by atoms with van der Waals surface area (Å²) in [7, 11) is -3.07. The standard InChI is InChI=1S/C9H14BrNO2S2/c1-2-7(11)5-15(12,13)6-8-3-4-9(10)14-8/h3-4,7H,2,5-6,11H2,1H3. The lowest BCUT2D eigenvalue weighted by Gasteiger charge is -2.08. The van der Waals surface area contributed by atoms with Gasteiger partial charge in [0.1, 0.15) is 0 Å². The molecule has 2 N–H and O–H groups in total. The second kappa shape index (κ2) is 5.43. The molecule has 0 amide bonds. The largest absolute Gasteiger partial charge is 0.327 e. The van der Waals surface area contributed by atoms with E-state index in [9.17, 15) is 8.42 Å². The minimum absolute atomic E-state index is 0.0685. The molecule has 0 spiro atoms. The van der Waals surface area contributed by atoms with E-state index in [0.29, 0.717) is 6.42 Å². The van der Waals surface area contributed by atoms with E-state index in [2.05, 4.69) is 15.9 Å². The Kier molecular flexibility index (Phi) is 4.76. The fourth-order valence-corrected chi connectivity index (χ4v) is 4.74. The van der Waals surface area contributed by atoms with Gasteiger partial charge in [-0.1, -0.05) is 6.92 Å². The van der Waals surface area contributed by atoms with Crippen LogP contribution in [-0.2, 0) is 15.6 Å². The van der Waals surface area contributed by atoms with Crippen LogP contribution in [-0.4, -0.2) is 20.2 Å². The quantitative estimate of drug-likeness (QED) is 0.906. The molecule has 6 heteroatoms. The molecular formula is C9H14BrNO2S2. The van der Waals surface area contributed by atoms with Gasteiger partial charge in [0, 0.05) is 10.9 Å². The number of rotatable bonds is 5. The Balaban J connectivity index is 2.64. The van der Waals surface area contributed by atoms with Crippen molar-refractivity contribution in [3.05, 3.63) is 20.8 Å². The summed E-state index contributed by atoms with van der Waals surface area (Å²) in [5.41, 5.74) is 5.63. The Morgan fingerprint density at radius 2 is 2.20 bits per heavy atom. The zero-order valence-corrected chi connectivity index (χ0v) is 11.7. The topological polar surface area (TPSA) is 60.2 Å². The van der Waals surface area contributed by atoms with Gasteiger partial charge in [0.15, 0.2) is 9.84 Å². The zero-order valence-electron chi connectivity index (χ0n) is 8.44. The van der Waals surface area contributed by atoms with Crippen molar-refractivity contribution in [2.45, 2.75) is 25.1 Å². The second-order valence-electron chi connectivity index (χ2n) is 3.43. The minimum Gasteiger partial charge on any atom is -0.327 e. The molecule has 0 radical (unpaired) electrons. The van der Waals surface area contributed by atoms with Crippen molar-refractivity contribution >= 4 is 37.1 Å². The zero-order chi connectivity index (χ0) is 11.5. The highest BCUT2D eigenvalue weighted by atomic mass is 79.9. The maximum atomic E-state index is 11.7. The fraction of sp³-hybridized carbons (Fsp3) is 0.556. The first kappa shape index (κ1) is 13.2. The summed E-state index contributed by atoms with van der Waals surface area (Å²) in [5.74, 6) is 0.163. The van der Waals surface area contributed by atoms with Crippen LogP contribution in [0.3, 0.4) is 0 Å². The van der Waals surface area contributed by atoms with Crippen molar-refractivity contribution in [1.82, 2.24) is 0 Å². The first-order valence-electron chi connectivity index (χ1n) is 4.63. The van der Waals surface area contributed by atoms with Crippen molar-refractivity contribution in [3.8, 4) is 0 Å².